The van der Waals surface area contributed by atoms with Crippen LogP contribution in [-0.2, 0) is 27.8 Å². The predicted molar refractivity (Wildman–Crippen MR) is 168 cm³/mol. The Morgan fingerprint density at radius 2 is 2.05 bits per heavy atom. The number of piperidine rings is 1. The Hall–Kier alpha value is -2.94. The Bertz CT molecular complexity index is 1550. The molecule has 8 heteroatoms. The quantitative estimate of drug-likeness (QED) is 0.172. The minimum atomic E-state index is -0.302. The van der Waals surface area contributed by atoms with Gasteiger partial charge < -0.3 is 14.4 Å². The van der Waals surface area contributed by atoms with E-state index in [0.717, 1.165) is 65.9 Å². The molecule has 1 saturated carbocycles. The molecule has 2 bridgehead atoms. The first-order chi connectivity index (χ1) is 20.3. The summed E-state index contributed by atoms with van der Waals surface area (Å²) in [6.07, 6.45) is 8.21. The number of likely N-dealkylation sites (tertiary alicyclic amines) is 1. The lowest BCUT2D eigenvalue weighted by molar-refractivity contribution is -0.135. The molecular formula is C34H35BrN2O4S. The molecule has 6 nitrogen and oxygen atoms in total. The van der Waals surface area contributed by atoms with Gasteiger partial charge in [0, 0.05) is 63.9 Å². The van der Waals surface area contributed by atoms with E-state index in [0.29, 0.717) is 17.7 Å². The van der Waals surface area contributed by atoms with Crippen molar-refractivity contribution in [2.24, 2.45) is 5.92 Å². The SMILES string of the molecule is CC(=O)Oc1ccc2c3c1C[C@@H]1[C@@H]4CC[C@@H](N(C)C(=O)/C=C/c5cc(Br)cs5)[C@H](O2)[C@]34CCN1CCc1ccccc1. The molecule has 2 aromatic carbocycles. The fourth-order valence-corrected chi connectivity index (χ4v) is 9.63. The number of ether oxygens (including phenoxy) is 2. The number of hydrogen-bond donors (Lipinski definition) is 0. The highest BCUT2D eigenvalue weighted by Gasteiger charge is 2.66. The first-order valence-electron chi connectivity index (χ1n) is 14.8. The molecule has 3 aromatic rings. The van der Waals surface area contributed by atoms with Gasteiger partial charge in [-0.3, -0.25) is 14.5 Å². The lowest BCUT2D eigenvalue weighted by atomic mass is 9.51. The maximum atomic E-state index is 13.5. The summed E-state index contributed by atoms with van der Waals surface area (Å²) in [7, 11) is 1.92. The second-order valence-electron chi connectivity index (χ2n) is 12.1. The van der Waals surface area contributed by atoms with E-state index in [-0.39, 0.29) is 29.4 Å². The van der Waals surface area contributed by atoms with Gasteiger partial charge in [-0.1, -0.05) is 30.3 Å². The van der Waals surface area contributed by atoms with Crippen LogP contribution in [0, 0.1) is 5.92 Å². The minimum absolute atomic E-state index is 0.00703. The van der Waals surface area contributed by atoms with Gasteiger partial charge in [0.05, 0.1) is 6.04 Å². The monoisotopic (exact) mass is 646 g/mol. The summed E-state index contributed by atoms with van der Waals surface area (Å²) < 4.78 is 13.7. The number of hydrogen-bond acceptors (Lipinski definition) is 6. The Morgan fingerprint density at radius 3 is 2.81 bits per heavy atom. The zero-order valence-corrected chi connectivity index (χ0v) is 26.3. The summed E-state index contributed by atoms with van der Waals surface area (Å²) in [4.78, 5) is 31.2. The number of carbonyl (C=O) groups excluding carboxylic acids is 2. The molecule has 2 fully saturated rings. The van der Waals surface area contributed by atoms with Crippen molar-refractivity contribution in [2.45, 2.75) is 62.6 Å². The normalized spacial score (nSPS) is 27.4. The average molecular weight is 648 g/mol. The third kappa shape index (κ3) is 4.63. The number of likely N-dealkylation sites (N-methyl/N-ethyl adjacent to an activating group) is 1. The second-order valence-corrected chi connectivity index (χ2v) is 13.9. The zero-order valence-electron chi connectivity index (χ0n) is 23.9. The van der Waals surface area contributed by atoms with E-state index >= 15 is 0 Å². The van der Waals surface area contributed by atoms with E-state index in [1.165, 1.54) is 18.1 Å². The highest BCUT2D eigenvalue weighted by Crippen LogP contribution is 2.63. The van der Waals surface area contributed by atoms with Crippen LogP contribution in [0.15, 0.2) is 64.5 Å². The summed E-state index contributed by atoms with van der Waals surface area (Å²) in [5.41, 5.74) is 3.51. The molecule has 1 saturated heterocycles. The van der Waals surface area contributed by atoms with E-state index in [4.69, 9.17) is 9.47 Å². The maximum Gasteiger partial charge on any atom is 0.308 e. The molecule has 218 valence electrons. The zero-order chi connectivity index (χ0) is 29.0. The van der Waals surface area contributed by atoms with Gasteiger partial charge in [-0.05, 0) is 90.3 Å². The first kappa shape index (κ1) is 27.9. The van der Waals surface area contributed by atoms with Crippen molar-refractivity contribution >= 4 is 45.2 Å². The molecule has 0 unspecified atom stereocenters. The highest BCUT2D eigenvalue weighted by atomic mass is 79.9. The van der Waals surface area contributed by atoms with E-state index in [9.17, 15) is 9.59 Å². The van der Waals surface area contributed by atoms with E-state index < -0.39 is 0 Å². The van der Waals surface area contributed by atoms with Crippen LogP contribution in [0.1, 0.15) is 47.8 Å². The topological polar surface area (TPSA) is 59.1 Å². The van der Waals surface area contributed by atoms with Crippen molar-refractivity contribution in [2.75, 3.05) is 20.1 Å². The molecule has 2 aliphatic heterocycles. The number of amides is 1. The summed E-state index contributed by atoms with van der Waals surface area (Å²) in [5, 5.41) is 2.02. The molecular weight excluding hydrogens is 612 g/mol. The van der Waals surface area contributed by atoms with Crippen molar-refractivity contribution < 1.29 is 19.1 Å². The van der Waals surface area contributed by atoms with Crippen molar-refractivity contribution in [1.82, 2.24) is 9.80 Å². The number of esters is 1. The molecule has 3 heterocycles. The number of halogens is 1. The number of rotatable bonds is 7. The molecule has 7 rings (SSSR count). The van der Waals surface area contributed by atoms with Crippen LogP contribution >= 0.6 is 27.3 Å². The van der Waals surface area contributed by atoms with Crippen LogP contribution in [0.5, 0.6) is 11.5 Å². The van der Waals surface area contributed by atoms with Crippen molar-refractivity contribution in [3.63, 3.8) is 0 Å². The van der Waals surface area contributed by atoms with Gasteiger partial charge in [0.2, 0.25) is 5.91 Å². The molecule has 5 atom stereocenters. The average Bonchev–Trinajstić information content (AvgIpc) is 3.56. The Kier molecular flexibility index (Phi) is 7.27. The highest BCUT2D eigenvalue weighted by molar-refractivity contribution is 9.10. The first-order valence-corrected chi connectivity index (χ1v) is 16.5. The maximum absolute atomic E-state index is 13.5. The molecule has 42 heavy (non-hydrogen) atoms. The molecule has 1 spiro atoms. The molecule has 0 radical (unpaired) electrons. The molecule has 4 aliphatic rings. The van der Waals surface area contributed by atoms with E-state index in [1.54, 1.807) is 17.4 Å². The van der Waals surface area contributed by atoms with Crippen LogP contribution in [-0.4, -0.2) is 60.0 Å². The third-order valence-corrected chi connectivity index (χ3v) is 11.7. The van der Waals surface area contributed by atoms with E-state index in [2.05, 4.69) is 51.2 Å². The smallest absolute Gasteiger partial charge is 0.308 e. The van der Waals surface area contributed by atoms with Gasteiger partial charge in [-0.2, -0.15) is 0 Å². The van der Waals surface area contributed by atoms with Crippen molar-refractivity contribution in [3.8, 4) is 11.5 Å². The fraction of sp³-hybridized carbons (Fsp3) is 0.412. The number of carbonyl (C=O) groups is 2. The summed E-state index contributed by atoms with van der Waals surface area (Å²) in [6.45, 7) is 3.45. The third-order valence-electron chi connectivity index (χ3n) is 10.0. The number of thiophene rings is 1. The Labute approximate surface area is 259 Å². The predicted octanol–water partition coefficient (Wildman–Crippen LogP) is 6.26. The lowest BCUT2D eigenvalue weighted by Gasteiger charge is -2.60. The van der Waals surface area contributed by atoms with Crippen molar-refractivity contribution in [3.05, 3.63) is 86.0 Å². The molecule has 1 amide bonds. The van der Waals surface area contributed by atoms with Gasteiger partial charge in [0.1, 0.15) is 17.6 Å². The summed E-state index contributed by atoms with van der Waals surface area (Å²) in [6, 6.07) is 16.9. The van der Waals surface area contributed by atoms with Crippen LogP contribution in [0.25, 0.3) is 6.08 Å². The number of benzene rings is 2. The summed E-state index contributed by atoms with van der Waals surface area (Å²) >= 11 is 5.10. The summed E-state index contributed by atoms with van der Waals surface area (Å²) in [5.74, 6) is 1.68. The van der Waals surface area contributed by atoms with Crippen molar-refractivity contribution in [1.29, 1.82) is 0 Å². The van der Waals surface area contributed by atoms with Gasteiger partial charge in [-0.25, -0.2) is 0 Å². The van der Waals surface area contributed by atoms with Crippen LogP contribution in [0.4, 0.5) is 0 Å². The van der Waals surface area contributed by atoms with Crippen LogP contribution in [0.2, 0.25) is 0 Å². The van der Waals surface area contributed by atoms with Crippen LogP contribution < -0.4 is 9.47 Å². The largest absolute Gasteiger partial charge is 0.487 e. The van der Waals surface area contributed by atoms with Gasteiger partial charge in [-0.15, -0.1) is 11.3 Å². The van der Waals surface area contributed by atoms with E-state index in [1.807, 2.05) is 41.6 Å². The number of nitrogens with zero attached hydrogens (tertiary/aromatic N) is 2. The van der Waals surface area contributed by atoms with Gasteiger partial charge in [0.25, 0.3) is 0 Å². The van der Waals surface area contributed by atoms with Crippen LogP contribution in [0.3, 0.4) is 0 Å². The lowest BCUT2D eigenvalue weighted by Crippen LogP contribution is -2.69. The van der Waals surface area contributed by atoms with Gasteiger partial charge >= 0.3 is 5.97 Å². The second kappa shape index (κ2) is 11.0. The Morgan fingerprint density at radius 1 is 1.21 bits per heavy atom. The standard InChI is InChI=1S/C34H35BrN2O4S/c1-21(38)40-29-11-12-30-32-25(29)19-28-26-9-10-27(36(2)31(39)13-8-24-18-23(35)20-42-24)33(41-30)34(26,32)15-17-37(28)16-14-22-6-4-3-5-7-22/h3-8,11-13,18,20,26-28,33H,9-10,14-17,19H2,1-2H3/b13-8+/t26-,27+,28+,33-,34-/m0/s1. The fourth-order valence-electron chi connectivity index (χ4n) is 8.29. The molecule has 0 N–H and O–H groups in total. The molecule has 2 aliphatic carbocycles. The van der Waals surface area contributed by atoms with Gasteiger partial charge in [0.15, 0.2) is 0 Å². The molecule has 1 aromatic heterocycles. The Balaban J connectivity index is 1.22. The minimum Gasteiger partial charge on any atom is -0.487 e.